The van der Waals surface area contributed by atoms with Gasteiger partial charge in [-0.05, 0) is 61.7 Å². The molecule has 0 heterocycles. The number of Topliss-reactive ketones (excluding diaryl/α,β-unsaturated/α-hetero) is 2. The lowest BCUT2D eigenvalue weighted by molar-refractivity contribution is -0.151. The van der Waals surface area contributed by atoms with Gasteiger partial charge in [-0.2, -0.15) is 0 Å². The van der Waals surface area contributed by atoms with Crippen molar-refractivity contribution in [2.75, 3.05) is 0 Å². The molecule has 4 heteroatoms. The highest BCUT2D eigenvalue weighted by Gasteiger charge is 2.58. The molecule has 0 bridgehead atoms. The maximum Gasteiger partial charge on any atom is 0.303 e. The number of hydrogen-bond donors (Lipinski definition) is 1. The van der Waals surface area contributed by atoms with Crippen molar-refractivity contribution >= 4 is 17.5 Å². The lowest BCUT2D eigenvalue weighted by Crippen LogP contribution is -2.51. The minimum absolute atomic E-state index is 0.0535. The highest BCUT2D eigenvalue weighted by atomic mass is 16.4. The van der Waals surface area contributed by atoms with Crippen molar-refractivity contribution in [1.29, 1.82) is 0 Å². The minimum atomic E-state index is -0.796. The van der Waals surface area contributed by atoms with Crippen LogP contribution < -0.4 is 0 Å². The molecular formula is C22H34O4. The second-order valence-electron chi connectivity index (χ2n) is 9.98. The second-order valence-corrected chi connectivity index (χ2v) is 9.98. The third kappa shape index (κ3) is 3.03. The van der Waals surface area contributed by atoms with Gasteiger partial charge in [-0.15, -0.1) is 0 Å². The van der Waals surface area contributed by atoms with E-state index in [1.165, 1.54) is 0 Å². The molecule has 3 aliphatic rings. The number of aliphatic carboxylic acids is 1. The molecule has 3 fully saturated rings. The number of fused-ring (bicyclic) bond motifs is 1. The summed E-state index contributed by atoms with van der Waals surface area (Å²) in [6, 6.07) is 0. The summed E-state index contributed by atoms with van der Waals surface area (Å²) in [6.45, 7) is 8.50. The predicted molar refractivity (Wildman–Crippen MR) is 99.6 cm³/mol. The van der Waals surface area contributed by atoms with Crippen LogP contribution in [-0.2, 0) is 14.4 Å². The van der Waals surface area contributed by atoms with E-state index in [9.17, 15) is 19.5 Å². The van der Waals surface area contributed by atoms with Crippen molar-refractivity contribution in [1.82, 2.24) is 0 Å². The van der Waals surface area contributed by atoms with Gasteiger partial charge in [0, 0.05) is 30.1 Å². The molecule has 3 saturated carbocycles. The number of ketones is 2. The van der Waals surface area contributed by atoms with E-state index in [0.717, 1.165) is 32.1 Å². The zero-order valence-corrected chi connectivity index (χ0v) is 16.7. The first kappa shape index (κ1) is 19.6. The Kier molecular flexibility index (Phi) is 5.09. The highest BCUT2D eigenvalue weighted by molar-refractivity contribution is 5.88. The van der Waals surface area contributed by atoms with Gasteiger partial charge in [0.2, 0.25) is 0 Å². The third-order valence-corrected chi connectivity index (χ3v) is 8.44. The second kappa shape index (κ2) is 6.76. The average molecular weight is 363 g/mol. The highest BCUT2D eigenvalue weighted by Crippen LogP contribution is 2.60. The number of carbonyl (C=O) groups is 3. The maximum atomic E-state index is 13.2. The van der Waals surface area contributed by atoms with Crippen LogP contribution in [0, 0.1) is 40.4 Å². The Morgan fingerprint density at radius 1 is 1.04 bits per heavy atom. The van der Waals surface area contributed by atoms with Crippen molar-refractivity contribution in [3.8, 4) is 0 Å². The number of carboxylic acids is 1. The predicted octanol–water partition coefficient (Wildman–Crippen LogP) is 4.50. The Labute approximate surface area is 157 Å². The summed E-state index contributed by atoms with van der Waals surface area (Å²) < 4.78 is 0. The zero-order valence-electron chi connectivity index (χ0n) is 16.7. The monoisotopic (exact) mass is 362 g/mol. The maximum absolute atomic E-state index is 13.2. The summed E-state index contributed by atoms with van der Waals surface area (Å²) in [5.74, 6) is 0.973. The number of hydrogen-bond acceptors (Lipinski definition) is 3. The van der Waals surface area contributed by atoms with E-state index in [4.69, 9.17) is 0 Å². The normalized spacial score (nSPS) is 43.6. The molecule has 4 nitrogen and oxygen atoms in total. The van der Waals surface area contributed by atoms with Crippen molar-refractivity contribution < 1.29 is 19.5 Å². The molecule has 3 rings (SSSR count). The molecular weight excluding hydrogens is 328 g/mol. The van der Waals surface area contributed by atoms with Crippen LogP contribution in [0.1, 0.15) is 79.1 Å². The first-order valence-corrected chi connectivity index (χ1v) is 10.4. The summed E-state index contributed by atoms with van der Waals surface area (Å²) >= 11 is 0. The first-order valence-electron chi connectivity index (χ1n) is 10.4. The fourth-order valence-electron chi connectivity index (χ4n) is 6.50. The molecule has 0 aromatic rings. The molecule has 3 aliphatic carbocycles. The van der Waals surface area contributed by atoms with Gasteiger partial charge in [0.1, 0.15) is 11.6 Å². The summed E-state index contributed by atoms with van der Waals surface area (Å²) in [7, 11) is 0. The van der Waals surface area contributed by atoms with Gasteiger partial charge in [-0.25, -0.2) is 0 Å². The van der Waals surface area contributed by atoms with E-state index < -0.39 is 11.4 Å². The molecule has 1 N–H and O–H groups in total. The van der Waals surface area contributed by atoms with Crippen molar-refractivity contribution in [2.24, 2.45) is 40.4 Å². The molecule has 0 aromatic carbocycles. The van der Waals surface area contributed by atoms with Crippen LogP contribution in [-0.4, -0.2) is 22.6 Å². The van der Waals surface area contributed by atoms with Crippen LogP contribution in [0.4, 0.5) is 0 Å². The van der Waals surface area contributed by atoms with Gasteiger partial charge in [0.15, 0.2) is 0 Å². The summed E-state index contributed by atoms with van der Waals surface area (Å²) in [5.41, 5.74) is -0.788. The average Bonchev–Trinajstić information content (AvgIpc) is 2.85. The van der Waals surface area contributed by atoms with Gasteiger partial charge in [0.05, 0.1) is 0 Å². The van der Waals surface area contributed by atoms with E-state index in [-0.39, 0.29) is 29.6 Å². The SMILES string of the molecule is CC(C)[C@H]1CC[C@](C)([C@H]2CC[C@]3(C)C(=O)CC[C@H]3[C@@H]2CC(=O)O)C(=O)C1. The van der Waals surface area contributed by atoms with Crippen LogP contribution in [0.25, 0.3) is 0 Å². The Morgan fingerprint density at radius 3 is 2.19 bits per heavy atom. The number of carboxylic acid groups (broad SMARTS) is 1. The van der Waals surface area contributed by atoms with E-state index in [2.05, 4.69) is 20.8 Å². The van der Waals surface area contributed by atoms with Crippen LogP contribution in [0.15, 0.2) is 0 Å². The van der Waals surface area contributed by atoms with Gasteiger partial charge in [0.25, 0.3) is 0 Å². The van der Waals surface area contributed by atoms with Crippen molar-refractivity contribution in [3.05, 3.63) is 0 Å². The Balaban J connectivity index is 1.89. The van der Waals surface area contributed by atoms with Gasteiger partial charge in [-0.3, -0.25) is 14.4 Å². The standard InChI is InChI=1S/C22H34O4/c1-13(2)14-7-9-22(4,19(24)11-14)17-8-10-21(3)16(5-6-18(21)23)15(17)12-20(25)26/h13-17H,5-12H2,1-4H3,(H,25,26)/t14-,15-,16-,17-,21-,22+/m0/s1. The molecule has 146 valence electrons. The Morgan fingerprint density at radius 2 is 1.62 bits per heavy atom. The molecule has 0 aliphatic heterocycles. The third-order valence-electron chi connectivity index (χ3n) is 8.44. The molecule has 26 heavy (non-hydrogen) atoms. The van der Waals surface area contributed by atoms with E-state index >= 15 is 0 Å². The van der Waals surface area contributed by atoms with E-state index in [1.807, 2.05) is 6.92 Å². The first-order chi connectivity index (χ1) is 12.1. The number of rotatable bonds is 4. The van der Waals surface area contributed by atoms with Crippen molar-refractivity contribution in [3.63, 3.8) is 0 Å². The smallest absolute Gasteiger partial charge is 0.303 e. The van der Waals surface area contributed by atoms with Gasteiger partial charge >= 0.3 is 5.97 Å². The summed E-state index contributed by atoms with van der Waals surface area (Å²) in [6.07, 6.45) is 5.63. The Hall–Kier alpha value is -1.19. The summed E-state index contributed by atoms with van der Waals surface area (Å²) in [4.78, 5) is 37.3. The number of carbonyl (C=O) groups excluding carboxylic acids is 2. The zero-order chi connectivity index (χ0) is 19.3. The largest absolute Gasteiger partial charge is 0.481 e. The van der Waals surface area contributed by atoms with Crippen molar-refractivity contribution in [2.45, 2.75) is 79.1 Å². The topological polar surface area (TPSA) is 71.4 Å². The van der Waals surface area contributed by atoms with E-state index in [0.29, 0.717) is 36.2 Å². The molecule has 0 spiro atoms. The van der Waals surface area contributed by atoms with Crippen LogP contribution >= 0.6 is 0 Å². The van der Waals surface area contributed by atoms with Crippen LogP contribution in [0.5, 0.6) is 0 Å². The molecule has 0 radical (unpaired) electrons. The fraction of sp³-hybridized carbons (Fsp3) is 0.864. The van der Waals surface area contributed by atoms with Gasteiger partial charge < -0.3 is 5.11 Å². The lowest BCUT2D eigenvalue weighted by atomic mass is 9.50. The quantitative estimate of drug-likeness (QED) is 0.799. The summed E-state index contributed by atoms with van der Waals surface area (Å²) in [5, 5.41) is 9.55. The molecule has 0 unspecified atom stereocenters. The fourth-order valence-corrected chi connectivity index (χ4v) is 6.50. The molecule has 0 aromatic heterocycles. The lowest BCUT2D eigenvalue weighted by Gasteiger charge is -2.52. The van der Waals surface area contributed by atoms with Gasteiger partial charge in [-0.1, -0.05) is 27.7 Å². The molecule has 6 atom stereocenters. The van der Waals surface area contributed by atoms with Crippen LogP contribution in [0.2, 0.25) is 0 Å². The Bertz CT molecular complexity index is 609. The minimum Gasteiger partial charge on any atom is -0.481 e. The molecule has 0 saturated heterocycles. The van der Waals surface area contributed by atoms with Crippen LogP contribution in [0.3, 0.4) is 0 Å². The molecule has 0 amide bonds. The van der Waals surface area contributed by atoms with E-state index in [1.54, 1.807) is 0 Å².